The molecule has 1 aromatic rings. The van der Waals surface area contributed by atoms with Crippen LogP contribution in [0.3, 0.4) is 0 Å². The van der Waals surface area contributed by atoms with Gasteiger partial charge in [0.1, 0.15) is 5.54 Å². The summed E-state index contributed by atoms with van der Waals surface area (Å²) in [6.07, 6.45) is 0. The van der Waals surface area contributed by atoms with Crippen LogP contribution >= 0.6 is 0 Å². The van der Waals surface area contributed by atoms with Crippen molar-refractivity contribution >= 4 is 17.3 Å². The molecule has 1 rings (SSSR count). The molecule has 0 aromatic heterocycles. The molecule has 1 aromatic carbocycles. The number of hydrogen-bond acceptors (Lipinski definition) is 7. The minimum Gasteiger partial charge on any atom is -0.478 e. The third-order valence-electron chi connectivity index (χ3n) is 2.75. The molecule has 0 saturated carbocycles. The number of anilines is 1. The molecule has 9 heteroatoms. The number of rotatable bonds is 7. The molecule has 0 atom stereocenters. The lowest BCUT2D eigenvalue weighted by Gasteiger charge is -2.30. The van der Waals surface area contributed by atoms with Crippen LogP contribution in [0.2, 0.25) is 0 Å². The Hall–Kier alpha value is -2.23. The van der Waals surface area contributed by atoms with Gasteiger partial charge in [-0.1, -0.05) is 0 Å². The second kappa shape index (κ2) is 6.28. The number of non-ortho nitro benzene ring substituents is 1. The molecular weight excluding hydrogens is 272 g/mol. The molecule has 0 aliphatic rings. The topological polar surface area (TPSA) is 153 Å². The Morgan fingerprint density at radius 1 is 1.25 bits per heavy atom. The van der Waals surface area contributed by atoms with E-state index in [1.54, 1.807) is 0 Å². The highest BCUT2D eigenvalue weighted by Crippen LogP contribution is 2.25. The van der Waals surface area contributed by atoms with Gasteiger partial charge in [-0.2, -0.15) is 0 Å². The first kappa shape index (κ1) is 15.8. The number of carboxylic acids is 1. The van der Waals surface area contributed by atoms with Crippen LogP contribution in [0.5, 0.6) is 0 Å². The highest BCUT2D eigenvalue weighted by molar-refractivity contribution is 5.95. The second-order valence-corrected chi connectivity index (χ2v) is 4.17. The van der Waals surface area contributed by atoms with Crippen LogP contribution in [0.1, 0.15) is 10.4 Å². The van der Waals surface area contributed by atoms with Crippen LogP contribution in [-0.2, 0) is 0 Å². The zero-order chi connectivity index (χ0) is 15.3. The molecule has 0 aliphatic heterocycles. The Labute approximate surface area is 113 Å². The number of aromatic carboxylic acids is 1. The lowest BCUT2D eigenvalue weighted by atomic mass is 10.0. The van der Waals surface area contributed by atoms with Crippen molar-refractivity contribution in [1.82, 2.24) is 0 Å². The Bertz CT molecular complexity index is 505. The van der Waals surface area contributed by atoms with Crippen molar-refractivity contribution in [3.63, 3.8) is 0 Å². The minimum atomic E-state index is -1.53. The summed E-state index contributed by atoms with van der Waals surface area (Å²) in [6.45, 7) is -1.97. The van der Waals surface area contributed by atoms with Crippen molar-refractivity contribution in [2.45, 2.75) is 5.54 Å². The summed E-state index contributed by atoms with van der Waals surface area (Å²) in [6, 6.07) is 3.06. The first-order valence-corrected chi connectivity index (χ1v) is 5.51. The lowest BCUT2D eigenvalue weighted by Crippen LogP contribution is -2.49. The molecule has 0 bridgehead atoms. The maximum Gasteiger partial charge on any atom is 0.338 e. The van der Waals surface area contributed by atoms with Crippen LogP contribution in [0.4, 0.5) is 11.4 Å². The van der Waals surface area contributed by atoms with E-state index in [1.165, 1.54) is 0 Å². The summed E-state index contributed by atoms with van der Waals surface area (Å²) in [5, 5.41) is 49.7. The monoisotopic (exact) mass is 286 g/mol. The molecule has 0 amide bonds. The van der Waals surface area contributed by atoms with E-state index in [9.17, 15) is 30.2 Å². The quantitative estimate of drug-likeness (QED) is 0.329. The fourth-order valence-electron chi connectivity index (χ4n) is 1.49. The number of nitrogens with one attached hydrogen (secondary N) is 1. The number of hydrogen-bond donors (Lipinski definition) is 5. The van der Waals surface area contributed by atoms with Gasteiger partial charge in [-0.25, -0.2) is 4.79 Å². The van der Waals surface area contributed by atoms with E-state index in [1.807, 2.05) is 0 Å². The maximum absolute atomic E-state index is 11.1. The summed E-state index contributed by atoms with van der Waals surface area (Å²) in [5.41, 5.74) is -2.39. The van der Waals surface area contributed by atoms with E-state index in [0.717, 1.165) is 18.2 Å². The number of nitro groups is 1. The van der Waals surface area contributed by atoms with Crippen molar-refractivity contribution < 1.29 is 30.1 Å². The predicted molar refractivity (Wildman–Crippen MR) is 67.7 cm³/mol. The summed E-state index contributed by atoms with van der Waals surface area (Å²) >= 11 is 0. The predicted octanol–water partition coefficient (Wildman–Crippen LogP) is -0.579. The normalized spacial score (nSPS) is 11.2. The number of carboxylic acid groups (broad SMARTS) is 1. The standard InChI is InChI=1S/C11H14N2O7/c14-4-11(5-15,6-16)12-9-2-1-7(13(19)20)3-8(9)10(17)18/h1-3,12,14-16H,4-6H2,(H,17,18). The third kappa shape index (κ3) is 3.20. The smallest absolute Gasteiger partial charge is 0.338 e. The molecule has 0 aliphatic carbocycles. The van der Waals surface area contributed by atoms with Crippen molar-refractivity contribution in [2.75, 3.05) is 25.1 Å². The van der Waals surface area contributed by atoms with Crippen molar-refractivity contribution in [3.8, 4) is 0 Å². The SMILES string of the molecule is O=C(O)c1cc([N+](=O)[O-])ccc1NC(CO)(CO)CO. The van der Waals surface area contributed by atoms with E-state index in [4.69, 9.17) is 5.11 Å². The number of nitro benzene ring substituents is 1. The van der Waals surface area contributed by atoms with Gasteiger partial charge < -0.3 is 25.7 Å². The Balaban J connectivity index is 3.24. The zero-order valence-electron chi connectivity index (χ0n) is 10.3. The van der Waals surface area contributed by atoms with Gasteiger partial charge in [-0.05, 0) is 6.07 Å². The summed E-state index contributed by atoms with van der Waals surface area (Å²) in [7, 11) is 0. The first-order valence-electron chi connectivity index (χ1n) is 5.51. The summed E-state index contributed by atoms with van der Waals surface area (Å²) < 4.78 is 0. The molecule has 0 saturated heterocycles. The van der Waals surface area contributed by atoms with Crippen LogP contribution in [-0.4, -0.2) is 56.7 Å². The second-order valence-electron chi connectivity index (χ2n) is 4.17. The highest BCUT2D eigenvalue weighted by Gasteiger charge is 2.30. The molecule has 110 valence electrons. The Kier molecular flexibility index (Phi) is 4.97. The van der Waals surface area contributed by atoms with Gasteiger partial charge >= 0.3 is 5.97 Å². The fraction of sp³-hybridized carbons (Fsp3) is 0.364. The van der Waals surface area contributed by atoms with E-state index >= 15 is 0 Å². The molecular formula is C11H14N2O7. The Morgan fingerprint density at radius 2 is 1.80 bits per heavy atom. The van der Waals surface area contributed by atoms with Gasteiger partial charge in [0.2, 0.25) is 0 Å². The number of aliphatic hydroxyl groups excluding tert-OH is 3. The lowest BCUT2D eigenvalue weighted by molar-refractivity contribution is -0.384. The molecule has 0 heterocycles. The maximum atomic E-state index is 11.1. The van der Waals surface area contributed by atoms with Crippen molar-refractivity contribution in [1.29, 1.82) is 0 Å². The number of nitrogens with zero attached hydrogens (tertiary/aromatic N) is 1. The molecule has 0 radical (unpaired) electrons. The van der Waals surface area contributed by atoms with Crippen LogP contribution in [0.25, 0.3) is 0 Å². The van der Waals surface area contributed by atoms with Crippen LogP contribution in [0, 0.1) is 10.1 Å². The summed E-state index contributed by atoms with van der Waals surface area (Å²) in [4.78, 5) is 21.0. The van der Waals surface area contributed by atoms with Gasteiger partial charge in [-0.15, -0.1) is 0 Å². The highest BCUT2D eigenvalue weighted by atomic mass is 16.6. The number of benzene rings is 1. The van der Waals surface area contributed by atoms with Gasteiger partial charge in [0.05, 0.1) is 30.3 Å². The van der Waals surface area contributed by atoms with E-state index in [2.05, 4.69) is 5.32 Å². The molecule has 20 heavy (non-hydrogen) atoms. The average Bonchev–Trinajstić information content (AvgIpc) is 2.44. The number of carbonyl (C=O) groups is 1. The Morgan fingerprint density at radius 3 is 2.20 bits per heavy atom. The molecule has 5 N–H and O–H groups in total. The van der Waals surface area contributed by atoms with Crippen LogP contribution in [0.15, 0.2) is 18.2 Å². The van der Waals surface area contributed by atoms with Gasteiger partial charge in [0.25, 0.3) is 5.69 Å². The van der Waals surface area contributed by atoms with E-state index < -0.39 is 47.5 Å². The van der Waals surface area contributed by atoms with E-state index in [-0.39, 0.29) is 5.69 Å². The summed E-state index contributed by atoms with van der Waals surface area (Å²) in [5.74, 6) is -1.42. The van der Waals surface area contributed by atoms with Crippen molar-refractivity contribution in [2.24, 2.45) is 0 Å². The van der Waals surface area contributed by atoms with Gasteiger partial charge in [0.15, 0.2) is 0 Å². The molecule has 9 nitrogen and oxygen atoms in total. The average molecular weight is 286 g/mol. The van der Waals surface area contributed by atoms with Gasteiger partial charge in [0, 0.05) is 17.8 Å². The first-order chi connectivity index (χ1) is 9.39. The largest absolute Gasteiger partial charge is 0.478 e. The third-order valence-corrected chi connectivity index (χ3v) is 2.75. The fourth-order valence-corrected chi connectivity index (χ4v) is 1.49. The molecule has 0 fully saturated rings. The van der Waals surface area contributed by atoms with Crippen molar-refractivity contribution in [3.05, 3.63) is 33.9 Å². The molecule has 0 unspecified atom stereocenters. The van der Waals surface area contributed by atoms with E-state index in [0.29, 0.717) is 0 Å². The molecule has 0 spiro atoms. The number of aliphatic hydroxyl groups is 3. The zero-order valence-corrected chi connectivity index (χ0v) is 10.3. The minimum absolute atomic E-state index is 0.0553. The van der Waals surface area contributed by atoms with Crippen LogP contribution < -0.4 is 5.32 Å². The van der Waals surface area contributed by atoms with Gasteiger partial charge in [-0.3, -0.25) is 10.1 Å².